The van der Waals surface area contributed by atoms with Gasteiger partial charge in [0.25, 0.3) is 15.9 Å². The van der Waals surface area contributed by atoms with E-state index < -0.39 is 45.7 Å². The Bertz CT molecular complexity index is 1540. The second-order valence-electron chi connectivity index (χ2n) is 10.2. The van der Waals surface area contributed by atoms with Gasteiger partial charge >= 0.3 is 6.03 Å². The van der Waals surface area contributed by atoms with Crippen LogP contribution in [0.15, 0.2) is 71.6 Å². The number of carbonyl (C=O) groups excluding carboxylic acids is 2. The minimum atomic E-state index is -4.20. The first kappa shape index (κ1) is 30.7. The molecule has 0 aromatic heterocycles. The van der Waals surface area contributed by atoms with Gasteiger partial charge in [-0.05, 0) is 67.6 Å². The second kappa shape index (κ2) is 12.7. The first-order valence-electron chi connectivity index (χ1n) is 13.2. The number of fused-ring (bicyclic) bond motifs is 1. The molecule has 3 amide bonds. The van der Waals surface area contributed by atoms with Crippen molar-refractivity contribution in [2.75, 3.05) is 36.8 Å². The highest BCUT2D eigenvalue weighted by Crippen LogP contribution is 2.36. The number of halogens is 2. The highest BCUT2D eigenvalue weighted by molar-refractivity contribution is 7.92. The number of hydrogen-bond acceptors (Lipinski definition) is 6. The standard InChI is InChI=1S/C29H32F2N4O6S/c1-18-15-35(19(2)17-36)28(37)24-5-4-6-25(33-42(39,40)23-13-9-21(31)10-14-23)27(24)41-26(18)16-34(3)29(38)32-22-11-7-20(30)8-12-22/h4-14,18-19,26,33,36H,15-17H2,1-3H3,(H,32,38)/t18-,19+,26+/m1/s1. The molecule has 0 spiro atoms. The van der Waals surface area contributed by atoms with Crippen molar-refractivity contribution in [1.82, 2.24) is 9.80 Å². The molecule has 13 heteroatoms. The van der Waals surface area contributed by atoms with E-state index in [0.717, 1.165) is 24.3 Å². The monoisotopic (exact) mass is 602 g/mol. The van der Waals surface area contributed by atoms with Gasteiger partial charge in [-0.3, -0.25) is 9.52 Å². The number of carbonyl (C=O) groups is 2. The van der Waals surface area contributed by atoms with E-state index in [1.54, 1.807) is 6.92 Å². The van der Waals surface area contributed by atoms with Gasteiger partial charge < -0.3 is 25.0 Å². The zero-order valence-electron chi connectivity index (χ0n) is 23.3. The molecule has 0 unspecified atom stereocenters. The number of urea groups is 1. The molecule has 0 fully saturated rings. The van der Waals surface area contributed by atoms with E-state index in [1.165, 1.54) is 59.3 Å². The number of ether oxygens (including phenoxy) is 1. The molecule has 1 aliphatic heterocycles. The van der Waals surface area contributed by atoms with Crippen molar-refractivity contribution < 1.29 is 36.6 Å². The van der Waals surface area contributed by atoms with Crippen LogP contribution in [0.1, 0.15) is 24.2 Å². The van der Waals surface area contributed by atoms with Gasteiger partial charge in [0.15, 0.2) is 5.75 Å². The number of aliphatic hydroxyl groups excluding tert-OH is 1. The quantitative estimate of drug-likeness (QED) is 0.356. The molecule has 3 atom stereocenters. The SMILES string of the molecule is C[C@@H]1CN([C@@H](C)CO)C(=O)c2cccc(NS(=O)(=O)c3ccc(F)cc3)c2O[C@H]1CN(C)C(=O)Nc1ccc(F)cc1. The van der Waals surface area contributed by atoms with Crippen LogP contribution >= 0.6 is 0 Å². The number of amides is 3. The van der Waals surface area contributed by atoms with E-state index in [1.807, 2.05) is 6.92 Å². The Morgan fingerprint density at radius 3 is 2.33 bits per heavy atom. The van der Waals surface area contributed by atoms with Crippen molar-refractivity contribution in [2.24, 2.45) is 5.92 Å². The number of aliphatic hydroxyl groups is 1. The van der Waals surface area contributed by atoms with Gasteiger partial charge in [-0.2, -0.15) is 0 Å². The lowest BCUT2D eigenvalue weighted by atomic mass is 9.99. The zero-order valence-corrected chi connectivity index (χ0v) is 24.1. The van der Waals surface area contributed by atoms with Crippen LogP contribution < -0.4 is 14.8 Å². The van der Waals surface area contributed by atoms with E-state index >= 15 is 0 Å². The Balaban J connectivity index is 1.68. The van der Waals surface area contributed by atoms with Gasteiger partial charge in [0, 0.05) is 25.2 Å². The number of nitrogens with zero attached hydrogens (tertiary/aromatic N) is 2. The van der Waals surface area contributed by atoms with Crippen molar-refractivity contribution in [3.8, 4) is 5.75 Å². The Hall–Kier alpha value is -4.23. The summed E-state index contributed by atoms with van der Waals surface area (Å²) in [5.74, 6) is -1.94. The van der Waals surface area contributed by atoms with Crippen LogP contribution in [-0.2, 0) is 10.0 Å². The number of nitrogens with one attached hydrogen (secondary N) is 2. The molecular formula is C29H32F2N4O6S. The summed E-state index contributed by atoms with van der Waals surface area (Å²) in [5, 5.41) is 12.5. The normalized spacial score (nSPS) is 17.8. The number of benzene rings is 3. The summed E-state index contributed by atoms with van der Waals surface area (Å²) in [7, 11) is -2.67. The minimum Gasteiger partial charge on any atom is -0.485 e. The average molecular weight is 603 g/mol. The van der Waals surface area contributed by atoms with Crippen LogP contribution in [0.5, 0.6) is 5.75 Å². The summed E-state index contributed by atoms with van der Waals surface area (Å²) >= 11 is 0. The third-order valence-corrected chi connectivity index (χ3v) is 8.34. The van der Waals surface area contributed by atoms with Crippen LogP contribution in [0.25, 0.3) is 0 Å². The van der Waals surface area contributed by atoms with Gasteiger partial charge in [0.1, 0.15) is 17.7 Å². The molecule has 0 saturated heterocycles. The molecule has 0 aliphatic carbocycles. The Labute approximate surface area is 242 Å². The predicted molar refractivity (Wildman–Crippen MR) is 153 cm³/mol. The van der Waals surface area contributed by atoms with E-state index in [-0.39, 0.29) is 47.5 Å². The van der Waals surface area contributed by atoms with Crippen molar-refractivity contribution in [3.05, 3.63) is 83.9 Å². The second-order valence-corrected chi connectivity index (χ2v) is 11.9. The third kappa shape index (κ3) is 6.97. The van der Waals surface area contributed by atoms with Crippen molar-refractivity contribution in [2.45, 2.75) is 30.9 Å². The maximum Gasteiger partial charge on any atom is 0.321 e. The molecule has 4 rings (SSSR count). The number of likely N-dealkylation sites (N-methyl/N-ethyl adjacent to an activating group) is 1. The lowest BCUT2D eigenvalue weighted by Gasteiger charge is -2.38. The fourth-order valence-electron chi connectivity index (χ4n) is 4.46. The Morgan fingerprint density at radius 2 is 1.71 bits per heavy atom. The van der Waals surface area contributed by atoms with Gasteiger partial charge in [-0.25, -0.2) is 22.0 Å². The zero-order chi connectivity index (χ0) is 30.6. The summed E-state index contributed by atoms with van der Waals surface area (Å²) in [4.78, 5) is 29.2. The smallest absolute Gasteiger partial charge is 0.321 e. The topological polar surface area (TPSA) is 128 Å². The van der Waals surface area contributed by atoms with E-state index in [4.69, 9.17) is 4.74 Å². The van der Waals surface area contributed by atoms with E-state index in [0.29, 0.717) is 5.69 Å². The first-order valence-corrected chi connectivity index (χ1v) is 14.7. The molecule has 0 bridgehead atoms. The predicted octanol–water partition coefficient (Wildman–Crippen LogP) is 4.15. The molecule has 1 heterocycles. The summed E-state index contributed by atoms with van der Waals surface area (Å²) in [5.41, 5.74) is 0.417. The molecule has 3 aromatic rings. The molecule has 3 aromatic carbocycles. The minimum absolute atomic E-state index is 0.0284. The molecule has 0 saturated carbocycles. The number of rotatable bonds is 8. The summed E-state index contributed by atoms with van der Waals surface area (Å²) in [6, 6.07) is 12.9. The summed E-state index contributed by atoms with van der Waals surface area (Å²) in [6.45, 7) is 3.41. The Morgan fingerprint density at radius 1 is 1.10 bits per heavy atom. The number of sulfonamides is 1. The van der Waals surface area contributed by atoms with Crippen LogP contribution in [-0.4, -0.2) is 74.2 Å². The Kier molecular flexibility index (Phi) is 9.32. The number of anilines is 2. The van der Waals surface area contributed by atoms with Gasteiger partial charge in [0.2, 0.25) is 0 Å². The van der Waals surface area contributed by atoms with Crippen LogP contribution in [0, 0.1) is 17.6 Å². The lowest BCUT2D eigenvalue weighted by molar-refractivity contribution is 0.0373. The van der Waals surface area contributed by atoms with Gasteiger partial charge in [-0.1, -0.05) is 13.0 Å². The van der Waals surface area contributed by atoms with Gasteiger partial charge in [0.05, 0.1) is 35.3 Å². The van der Waals surface area contributed by atoms with Crippen molar-refractivity contribution in [1.29, 1.82) is 0 Å². The third-order valence-electron chi connectivity index (χ3n) is 6.96. The summed E-state index contributed by atoms with van der Waals surface area (Å²) in [6.07, 6.45) is -0.731. The van der Waals surface area contributed by atoms with Crippen molar-refractivity contribution in [3.63, 3.8) is 0 Å². The largest absolute Gasteiger partial charge is 0.485 e. The average Bonchev–Trinajstić information content (AvgIpc) is 2.96. The first-order chi connectivity index (χ1) is 19.9. The molecule has 3 N–H and O–H groups in total. The van der Waals surface area contributed by atoms with Crippen LogP contribution in [0.4, 0.5) is 25.0 Å². The number of hydrogen-bond donors (Lipinski definition) is 3. The fraction of sp³-hybridized carbons (Fsp3) is 0.310. The summed E-state index contributed by atoms with van der Waals surface area (Å²) < 4.78 is 61.8. The number of para-hydroxylation sites is 1. The molecule has 224 valence electrons. The van der Waals surface area contributed by atoms with Gasteiger partial charge in [-0.15, -0.1) is 0 Å². The van der Waals surface area contributed by atoms with Crippen LogP contribution in [0.3, 0.4) is 0 Å². The van der Waals surface area contributed by atoms with Crippen molar-refractivity contribution >= 4 is 33.3 Å². The molecule has 42 heavy (non-hydrogen) atoms. The maximum atomic E-state index is 13.6. The lowest BCUT2D eigenvalue weighted by Crippen LogP contribution is -2.50. The maximum absolute atomic E-state index is 13.6. The van der Waals surface area contributed by atoms with Crippen LogP contribution in [0.2, 0.25) is 0 Å². The molecule has 1 aliphatic rings. The molecule has 0 radical (unpaired) electrons. The fourth-order valence-corrected chi connectivity index (χ4v) is 5.53. The molecular weight excluding hydrogens is 570 g/mol. The van der Waals surface area contributed by atoms with E-state index in [2.05, 4.69) is 10.0 Å². The highest BCUT2D eigenvalue weighted by Gasteiger charge is 2.35. The molecule has 10 nitrogen and oxygen atoms in total. The highest BCUT2D eigenvalue weighted by atomic mass is 32.2. The van der Waals surface area contributed by atoms with E-state index in [9.17, 15) is 31.9 Å².